The number of carbonyl (C=O) groups is 1. The van der Waals surface area contributed by atoms with E-state index in [0.717, 1.165) is 51.6 Å². The van der Waals surface area contributed by atoms with E-state index in [1.165, 1.54) is 12.1 Å². The van der Waals surface area contributed by atoms with E-state index in [4.69, 9.17) is 4.74 Å². The van der Waals surface area contributed by atoms with Gasteiger partial charge in [0, 0.05) is 31.8 Å². The Balaban J connectivity index is 1.58. The lowest BCUT2D eigenvalue weighted by Gasteiger charge is -2.31. The second-order valence-electron chi connectivity index (χ2n) is 7.51. The highest BCUT2D eigenvalue weighted by Gasteiger charge is 2.24. The molecule has 1 N–H and O–H groups in total. The minimum absolute atomic E-state index is 0.0166. The van der Waals surface area contributed by atoms with Gasteiger partial charge >= 0.3 is 0 Å². The zero-order valence-corrected chi connectivity index (χ0v) is 16.8. The quantitative estimate of drug-likeness (QED) is 0.805. The first-order chi connectivity index (χ1) is 13.0. The highest BCUT2D eigenvalue weighted by molar-refractivity contribution is 7.89. The fourth-order valence-corrected chi connectivity index (χ4v) is 4.82. The van der Waals surface area contributed by atoms with Crippen LogP contribution in [0.3, 0.4) is 0 Å². The van der Waals surface area contributed by atoms with Crippen molar-refractivity contribution >= 4 is 15.9 Å². The first-order valence-electron chi connectivity index (χ1n) is 10.00. The second-order valence-corrected chi connectivity index (χ2v) is 9.28. The standard InChI is InChI=1S/C20H30N2O4S/c1-2-16-10-12-22(13-11-16)20(23)17-6-8-19(9-7-17)27(24,25)21-15-18-5-3-4-14-26-18/h6-9,16,18,21H,2-5,10-15H2,1H3/t18-/m0/s1. The van der Waals surface area contributed by atoms with Crippen molar-refractivity contribution < 1.29 is 17.9 Å². The number of nitrogens with one attached hydrogen (secondary N) is 1. The predicted octanol–water partition coefficient (Wildman–Crippen LogP) is 2.80. The summed E-state index contributed by atoms with van der Waals surface area (Å²) in [5.41, 5.74) is 0.541. The molecule has 1 amide bonds. The van der Waals surface area contributed by atoms with Crippen molar-refractivity contribution in [3.63, 3.8) is 0 Å². The summed E-state index contributed by atoms with van der Waals surface area (Å²) in [7, 11) is -3.59. The SMILES string of the molecule is CCC1CCN(C(=O)c2ccc(S(=O)(=O)NC[C@@H]3CCCCO3)cc2)CC1. The van der Waals surface area contributed by atoms with Gasteiger partial charge in [-0.2, -0.15) is 0 Å². The normalized spacial score (nSPS) is 22.0. The Morgan fingerprint density at radius 3 is 2.44 bits per heavy atom. The number of benzene rings is 1. The number of ether oxygens (including phenoxy) is 1. The Kier molecular flexibility index (Phi) is 6.89. The van der Waals surface area contributed by atoms with Crippen LogP contribution in [0.4, 0.5) is 0 Å². The molecule has 2 aliphatic rings. The fraction of sp³-hybridized carbons (Fsp3) is 0.650. The molecule has 2 saturated heterocycles. The van der Waals surface area contributed by atoms with Crippen LogP contribution in [0.2, 0.25) is 0 Å². The minimum atomic E-state index is -3.59. The van der Waals surface area contributed by atoms with E-state index in [2.05, 4.69) is 11.6 Å². The highest BCUT2D eigenvalue weighted by Crippen LogP contribution is 2.22. The van der Waals surface area contributed by atoms with Crippen molar-refractivity contribution in [2.75, 3.05) is 26.2 Å². The molecule has 0 spiro atoms. The molecule has 0 aliphatic carbocycles. The molecule has 0 aromatic heterocycles. The number of nitrogens with zero attached hydrogens (tertiary/aromatic N) is 1. The Morgan fingerprint density at radius 2 is 1.85 bits per heavy atom. The summed E-state index contributed by atoms with van der Waals surface area (Å²) >= 11 is 0. The van der Waals surface area contributed by atoms with Crippen LogP contribution in [0.25, 0.3) is 0 Å². The molecule has 0 radical (unpaired) electrons. The monoisotopic (exact) mass is 394 g/mol. The molecule has 1 aromatic carbocycles. The van der Waals surface area contributed by atoms with Crippen molar-refractivity contribution in [1.29, 1.82) is 0 Å². The average molecular weight is 395 g/mol. The summed E-state index contributed by atoms with van der Waals surface area (Å²) in [5, 5.41) is 0. The molecule has 7 heteroatoms. The number of hydrogen-bond acceptors (Lipinski definition) is 4. The third-order valence-corrected chi connectivity index (χ3v) is 7.11. The van der Waals surface area contributed by atoms with E-state index in [9.17, 15) is 13.2 Å². The number of amides is 1. The lowest BCUT2D eigenvalue weighted by molar-refractivity contribution is 0.0200. The molecule has 6 nitrogen and oxygen atoms in total. The highest BCUT2D eigenvalue weighted by atomic mass is 32.2. The van der Waals surface area contributed by atoms with Gasteiger partial charge in [-0.1, -0.05) is 13.3 Å². The molecule has 2 heterocycles. The Bertz CT molecular complexity index is 719. The van der Waals surface area contributed by atoms with Crippen molar-refractivity contribution in [2.45, 2.75) is 56.4 Å². The van der Waals surface area contributed by atoms with E-state index >= 15 is 0 Å². The van der Waals surface area contributed by atoms with Gasteiger partial charge < -0.3 is 9.64 Å². The summed E-state index contributed by atoms with van der Waals surface area (Å²) in [5.74, 6) is 0.692. The van der Waals surface area contributed by atoms with Gasteiger partial charge in [0.1, 0.15) is 0 Å². The van der Waals surface area contributed by atoms with Crippen LogP contribution in [-0.4, -0.2) is 51.6 Å². The van der Waals surface area contributed by atoms with E-state index in [1.54, 1.807) is 12.1 Å². The predicted molar refractivity (Wildman–Crippen MR) is 104 cm³/mol. The maximum Gasteiger partial charge on any atom is 0.253 e. The largest absolute Gasteiger partial charge is 0.377 e. The van der Waals surface area contributed by atoms with Crippen LogP contribution in [0.1, 0.15) is 55.8 Å². The van der Waals surface area contributed by atoms with Gasteiger partial charge in [0.2, 0.25) is 10.0 Å². The van der Waals surface area contributed by atoms with Crippen molar-refractivity contribution in [1.82, 2.24) is 9.62 Å². The number of sulfonamides is 1. The molecule has 2 aliphatic heterocycles. The molecule has 0 saturated carbocycles. The molecule has 27 heavy (non-hydrogen) atoms. The van der Waals surface area contributed by atoms with Crippen LogP contribution in [0.5, 0.6) is 0 Å². The van der Waals surface area contributed by atoms with Crippen LogP contribution in [-0.2, 0) is 14.8 Å². The van der Waals surface area contributed by atoms with E-state index in [-0.39, 0.29) is 23.5 Å². The Labute approximate surface area is 162 Å². The second kappa shape index (κ2) is 9.17. The molecular formula is C20H30N2O4S. The van der Waals surface area contributed by atoms with Gasteiger partial charge in [-0.3, -0.25) is 4.79 Å². The van der Waals surface area contributed by atoms with Gasteiger partial charge in [0.25, 0.3) is 5.91 Å². The molecule has 1 atom stereocenters. The van der Waals surface area contributed by atoms with Gasteiger partial charge in [0.15, 0.2) is 0 Å². The van der Waals surface area contributed by atoms with E-state index in [1.807, 2.05) is 4.90 Å². The molecule has 3 rings (SSSR count). The van der Waals surface area contributed by atoms with E-state index in [0.29, 0.717) is 18.1 Å². The van der Waals surface area contributed by atoms with Crippen molar-refractivity contribution in [3.8, 4) is 0 Å². The number of carbonyl (C=O) groups excluding carboxylic acids is 1. The molecular weight excluding hydrogens is 364 g/mol. The van der Waals surface area contributed by atoms with Gasteiger partial charge in [0.05, 0.1) is 11.0 Å². The zero-order valence-electron chi connectivity index (χ0n) is 16.0. The third-order valence-electron chi connectivity index (χ3n) is 5.67. The Morgan fingerprint density at radius 1 is 1.15 bits per heavy atom. The number of piperidine rings is 1. The summed E-state index contributed by atoms with van der Waals surface area (Å²) in [6, 6.07) is 6.24. The molecule has 2 fully saturated rings. The first-order valence-corrected chi connectivity index (χ1v) is 11.5. The minimum Gasteiger partial charge on any atom is -0.377 e. The maximum absolute atomic E-state index is 12.6. The number of likely N-dealkylation sites (tertiary alicyclic amines) is 1. The smallest absolute Gasteiger partial charge is 0.253 e. The maximum atomic E-state index is 12.6. The lowest BCUT2D eigenvalue weighted by atomic mass is 9.94. The fourth-order valence-electron chi connectivity index (χ4n) is 3.76. The summed E-state index contributed by atoms with van der Waals surface area (Å²) in [4.78, 5) is 14.7. The molecule has 1 aromatic rings. The lowest BCUT2D eigenvalue weighted by Crippen LogP contribution is -2.38. The van der Waals surface area contributed by atoms with Crippen LogP contribution in [0, 0.1) is 5.92 Å². The van der Waals surface area contributed by atoms with Crippen molar-refractivity contribution in [2.24, 2.45) is 5.92 Å². The number of rotatable bonds is 6. The van der Waals surface area contributed by atoms with Gasteiger partial charge in [-0.25, -0.2) is 13.1 Å². The molecule has 150 valence electrons. The van der Waals surface area contributed by atoms with Crippen LogP contribution < -0.4 is 4.72 Å². The average Bonchev–Trinajstić information content (AvgIpc) is 2.73. The molecule has 0 unspecified atom stereocenters. The zero-order chi connectivity index (χ0) is 19.3. The van der Waals surface area contributed by atoms with Gasteiger partial charge in [-0.05, 0) is 62.3 Å². The summed E-state index contributed by atoms with van der Waals surface area (Å²) < 4.78 is 33.1. The van der Waals surface area contributed by atoms with E-state index < -0.39 is 10.0 Å². The Hall–Kier alpha value is -1.44. The third kappa shape index (κ3) is 5.30. The van der Waals surface area contributed by atoms with Crippen LogP contribution >= 0.6 is 0 Å². The van der Waals surface area contributed by atoms with Crippen LogP contribution in [0.15, 0.2) is 29.2 Å². The summed E-state index contributed by atoms with van der Waals surface area (Å²) in [6.07, 6.45) is 6.18. The first kappa shape index (κ1) is 20.3. The van der Waals surface area contributed by atoms with Gasteiger partial charge in [-0.15, -0.1) is 0 Å². The van der Waals surface area contributed by atoms with Crippen molar-refractivity contribution in [3.05, 3.63) is 29.8 Å². The topological polar surface area (TPSA) is 75.7 Å². The summed E-state index contributed by atoms with van der Waals surface area (Å²) in [6.45, 7) is 4.73. The number of hydrogen-bond donors (Lipinski definition) is 1. The molecule has 0 bridgehead atoms.